The highest BCUT2D eigenvalue weighted by molar-refractivity contribution is 5.95. The molecule has 1 aliphatic heterocycles. The van der Waals surface area contributed by atoms with Crippen molar-refractivity contribution in [1.82, 2.24) is 4.90 Å². The summed E-state index contributed by atoms with van der Waals surface area (Å²) in [6.45, 7) is 1.80. The van der Waals surface area contributed by atoms with Crippen molar-refractivity contribution in [3.8, 4) is 0 Å². The minimum Gasteiger partial charge on any atom is -0.481 e. The zero-order chi connectivity index (χ0) is 15.9. The van der Waals surface area contributed by atoms with Gasteiger partial charge in [-0.1, -0.05) is 18.2 Å². The number of carboxylic acids is 1. The molecule has 0 radical (unpaired) electrons. The van der Waals surface area contributed by atoms with Crippen molar-refractivity contribution in [2.45, 2.75) is 32.3 Å². The molecule has 1 aliphatic rings. The van der Waals surface area contributed by atoms with Crippen LogP contribution in [0.5, 0.6) is 0 Å². The van der Waals surface area contributed by atoms with Crippen LogP contribution < -0.4 is 0 Å². The van der Waals surface area contributed by atoms with Gasteiger partial charge in [-0.15, -0.1) is 0 Å². The lowest BCUT2D eigenvalue weighted by Gasteiger charge is -2.33. The van der Waals surface area contributed by atoms with Crippen LogP contribution in [0.2, 0.25) is 0 Å². The van der Waals surface area contributed by atoms with Crippen LogP contribution in [0, 0.1) is 5.92 Å². The van der Waals surface area contributed by atoms with E-state index in [1.807, 2.05) is 29.2 Å². The van der Waals surface area contributed by atoms with Gasteiger partial charge in [0.15, 0.2) is 0 Å². The number of aliphatic carboxylic acids is 1. The number of ether oxygens (including phenoxy) is 1. The second-order valence-corrected chi connectivity index (χ2v) is 5.78. The maximum Gasteiger partial charge on any atom is 0.303 e. The number of methoxy groups -OCH3 is 1. The molecule has 1 amide bonds. The molecule has 1 aromatic carbocycles. The van der Waals surface area contributed by atoms with Gasteiger partial charge in [0.2, 0.25) is 0 Å². The molecular formula is C17H23NO4. The van der Waals surface area contributed by atoms with Gasteiger partial charge < -0.3 is 14.7 Å². The molecule has 2 rings (SSSR count). The first-order valence-electron chi connectivity index (χ1n) is 7.69. The van der Waals surface area contributed by atoms with Crippen molar-refractivity contribution in [2.24, 2.45) is 5.92 Å². The molecular weight excluding hydrogens is 282 g/mol. The Balaban J connectivity index is 2.04. The standard InChI is InChI=1S/C17H23NO4/c1-22-12-14-6-2-3-7-15(14)17(21)18-10-4-5-13(11-18)8-9-16(19)20/h2-3,6-7,13H,4-5,8-12H2,1H3,(H,19,20)/t13-/m0/s1. The first kappa shape index (κ1) is 16.5. The van der Waals surface area contributed by atoms with Crippen molar-refractivity contribution < 1.29 is 19.4 Å². The number of benzene rings is 1. The molecule has 22 heavy (non-hydrogen) atoms. The van der Waals surface area contributed by atoms with E-state index in [1.165, 1.54) is 0 Å². The quantitative estimate of drug-likeness (QED) is 0.877. The van der Waals surface area contributed by atoms with Gasteiger partial charge in [0.05, 0.1) is 6.61 Å². The molecule has 1 aromatic rings. The summed E-state index contributed by atoms with van der Waals surface area (Å²) >= 11 is 0. The summed E-state index contributed by atoms with van der Waals surface area (Å²) in [6, 6.07) is 7.50. The van der Waals surface area contributed by atoms with Crippen LogP contribution in [0.1, 0.15) is 41.6 Å². The summed E-state index contributed by atoms with van der Waals surface area (Å²) in [6.07, 6.45) is 2.74. The summed E-state index contributed by atoms with van der Waals surface area (Å²) in [7, 11) is 1.62. The number of likely N-dealkylation sites (tertiary alicyclic amines) is 1. The van der Waals surface area contributed by atoms with Crippen LogP contribution >= 0.6 is 0 Å². The number of nitrogens with zero attached hydrogens (tertiary/aromatic N) is 1. The number of rotatable bonds is 6. The first-order valence-corrected chi connectivity index (χ1v) is 7.69. The molecule has 0 unspecified atom stereocenters. The van der Waals surface area contributed by atoms with Gasteiger partial charge in [0.25, 0.3) is 5.91 Å². The second-order valence-electron chi connectivity index (χ2n) is 5.78. The van der Waals surface area contributed by atoms with Crippen LogP contribution in [0.3, 0.4) is 0 Å². The molecule has 0 saturated carbocycles. The Labute approximate surface area is 130 Å². The molecule has 1 fully saturated rings. The van der Waals surface area contributed by atoms with E-state index in [9.17, 15) is 9.59 Å². The third kappa shape index (κ3) is 4.31. The number of carbonyl (C=O) groups excluding carboxylic acids is 1. The van der Waals surface area contributed by atoms with E-state index in [2.05, 4.69) is 0 Å². The molecule has 1 heterocycles. The smallest absolute Gasteiger partial charge is 0.303 e. The molecule has 1 atom stereocenters. The lowest BCUT2D eigenvalue weighted by atomic mass is 9.92. The number of carbonyl (C=O) groups is 2. The van der Waals surface area contributed by atoms with Crippen molar-refractivity contribution >= 4 is 11.9 Å². The zero-order valence-corrected chi connectivity index (χ0v) is 13.0. The average molecular weight is 305 g/mol. The minimum atomic E-state index is -0.770. The van der Waals surface area contributed by atoms with Crippen molar-refractivity contribution in [3.63, 3.8) is 0 Å². The monoisotopic (exact) mass is 305 g/mol. The van der Waals surface area contributed by atoms with Crippen LogP contribution in [0.4, 0.5) is 0 Å². The Bertz CT molecular complexity index is 529. The Hall–Kier alpha value is -1.88. The lowest BCUT2D eigenvalue weighted by Crippen LogP contribution is -2.40. The predicted molar refractivity (Wildman–Crippen MR) is 82.7 cm³/mol. The highest BCUT2D eigenvalue weighted by Crippen LogP contribution is 2.23. The van der Waals surface area contributed by atoms with Crippen LogP contribution in [-0.4, -0.2) is 42.1 Å². The van der Waals surface area contributed by atoms with E-state index in [4.69, 9.17) is 9.84 Å². The van der Waals surface area contributed by atoms with Crippen molar-refractivity contribution in [3.05, 3.63) is 35.4 Å². The first-order chi connectivity index (χ1) is 10.6. The molecule has 0 spiro atoms. The number of carboxylic acid groups (broad SMARTS) is 1. The third-order valence-electron chi connectivity index (χ3n) is 4.12. The van der Waals surface area contributed by atoms with E-state index in [0.717, 1.165) is 24.9 Å². The largest absolute Gasteiger partial charge is 0.481 e. The average Bonchev–Trinajstić information content (AvgIpc) is 2.53. The summed E-state index contributed by atoms with van der Waals surface area (Å²) in [5.41, 5.74) is 1.57. The summed E-state index contributed by atoms with van der Waals surface area (Å²) in [5, 5.41) is 8.80. The molecule has 1 N–H and O–H groups in total. The van der Waals surface area contributed by atoms with Gasteiger partial charge in [0, 0.05) is 32.2 Å². The number of piperidine rings is 1. The van der Waals surface area contributed by atoms with Gasteiger partial charge in [-0.2, -0.15) is 0 Å². The van der Waals surface area contributed by atoms with Crippen molar-refractivity contribution in [2.75, 3.05) is 20.2 Å². The molecule has 1 saturated heterocycles. The van der Waals surface area contributed by atoms with Gasteiger partial charge in [-0.05, 0) is 36.8 Å². The maximum atomic E-state index is 12.7. The molecule has 0 bridgehead atoms. The fraction of sp³-hybridized carbons (Fsp3) is 0.529. The van der Waals surface area contributed by atoms with Crippen LogP contribution in [0.15, 0.2) is 24.3 Å². The fourth-order valence-corrected chi connectivity index (χ4v) is 2.99. The summed E-state index contributed by atoms with van der Waals surface area (Å²) < 4.78 is 5.16. The highest BCUT2D eigenvalue weighted by Gasteiger charge is 2.25. The number of hydrogen-bond acceptors (Lipinski definition) is 3. The molecule has 0 aromatic heterocycles. The van der Waals surface area contributed by atoms with Gasteiger partial charge in [-0.25, -0.2) is 0 Å². The Morgan fingerprint density at radius 3 is 2.86 bits per heavy atom. The van der Waals surface area contributed by atoms with Gasteiger partial charge in [0.1, 0.15) is 0 Å². The SMILES string of the molecule is COCc1ccccc1C(=O)N1CCC[C@@H](CCC(=O)O)C1. The summed E-state index contributed by atoms with van der Waals surface area (Å²) in [5.74, 6) is -0.468. The fourth-order valence-electron chi connectivity index (χ4n) is 2.99. The normalized spacial score (nSPS) is 18.2. The van der Waals surface area contributed by atoms with Crippen LogP contribution in [-0.2, 0) is 16.1 Å². The van der Waals surface area contributed by atoms with E-state index >= 15 is 0 Å². The van der Waals surface area contributed by atoms with Crippen LogP contribution in [0.25, 0.3) is 0 Å². The van der Waals surface area contributed by atoms with Gasteiger partial charge >= 0.3 is 5.97 Å². The Morgan fingerprint density at radius 2 is 2.14 bits per heavy atom. The van der Waals surface area contributed by atoms with E-state index in [1.54, 1.807) is 7.11 Å². The molecule has 5 nitrogen and oxygen atoms in total. The van der Waals surface area contributed by atoms with Gasteiger partial charge in [-0.3, -0.25) is 9.59 Å². The molecule has 120 valence electrons. The highest BCUT2D eigenvalue weighted by atomic mass is 16.5. The number of hydrogen-bond donors (Lipinski definition) is 1. The van der Waals surface area contributed by atoms with E-state index in [-0.39, 0.29) is 18.2 Å². The Morgan fingerprint density at radius 1 is 1.36 bits per heavy atom. The maximum absolute atomic E-state index is 12.7. The summed E-state index contributed by atoms with van der Waals surface area (Å²) in [4.78, 5) is 25.3. The van der Waals surface area contributed by atoms with E-state index in [0.29, 0.717) is 25.1 Å². The number of amides is 1. The van der Waals surface area contributed by atoms with Crippen molar-refractivity contribution in [1.29, 1.82) is 0 Å². The predicted octanol–water partition coefficient (Wildman–Crippen LogP) is 2.55. The van der Waals surface area contributed by atoms with E-state index < -0.39 is 5.97 Å². The molecule has 0 aliphatic carbocycles. The second kappa shape index (κ2) is 7.94. The lowest BCUT2D eigenvalue weighted by molar-refractivity contribution is -0.137. The molecule has 5 heteroatoms. The zero-order valence-electron chi connectivity index (χ0n) is 13.0. The topological polar surface area (TPSA) is 66.8 Å². The minimum absolute atomic E-state index is 0.0210. The Kier molecular flexibility index (Phi) is 5.95. The third-order valence-corrected chi connectivity index (χ3v) is 4.12.